The van der Waals surface area contributed by atoms with Crippen LogP contribution in [0.25, 0.3) is 22.3 Å². The highest BCUT2D eigenvalue weighted by Gasteiger charge is 2.34. The Hall–Kier alpha value is -7.14. The first-order valence-electron chi connectivity index (χ1n) is 22.3. The maximum absolute atomic E-state index is 14.0. The number of carboxylic acids is 1. The quantitative estimate of drug-likeness (QED) is 0.0724. The zero-order valence-corrected chi connectivity index (χ0v) is 41.7. The minimum Gasteiger partial charge on any atom is -0.507 e. The Bertz CT molecular complexity index is 2450. The number of amides is 5. The van der Waals surface area contributed by atoms with Crippen molar-refractivity contribution in [3.8, 4) is 33.8 Å². The van der Waals surface area contributed by atoms with Crippen LogP contribution in [0.3, 0.4) is 0 Å². The van der Waals surface area contributed by atoms with Crippen molar-refractivity contribution in [3.63, 3.8) is 0 Å². The van der Waals surface area contributed by atoms with Crippen molar-refractivity contribution < 1.29 is 58.0 Å². The van der Waals surface area contributed by atoms with Gasteiger partial charge in [-0.1, -0.05) is 74.7 Å². The first-order valence-corrected chi connectivity index (χ1v) is 22.7. The second-order valence-electron chi connectivity index (χ2n) is 17.9. The number of hydrogen-bond donors (Lipinski definition) is 6. The lowest BCUT2D eigenvalue weighted by molar-refractivity contribution is -0.142. The van der Waals surface area contributed by atoms with E-state index in [0.717, 1.165) is 16.0 Å². The van der Waals surface area contributed by atoms with Crippen molar-refractivity contribution in [2.75, 3.05) is 20.6 Å². The normalized spacial score (nSPS) is 15.6. The lowest BCUT2D eigenvalue weighted by atomic mass is 9.94. The summed E-state index contributed by atoms with van der Waals surface area (Å²) in [5, 5.41) is 31.5. The summed E-state index contributed by atoms with van der Waals surface area (Å²) in [5.41, 5.74) is 1.47. The number of rotatable bonds is 8. The molecule has 17 nitrogen and oxygen atoms in total. The van der Waals surface area contributed by atoms with Crippen molar-refractivity contribution in [2.45, 2.75) is 111 Å². The molecule has 69 heavy (non-hydrogen) atoms. The fourth-order valence-electron chi connectivity index (χ4n) is 6.26. The number of phenolic OH excluding ortho intramolecular Hbond substituents is 1. The molecule has 1 heterocycles. The Morgan fingerprint density at radius 1 is 0.783 bits per heavy atom. The van der Waals surface area contributed by atoms with Crippen LogP contribution in [0.1, 0.15) is 103 Å². The number of ether oxygens (including phenoxy) is 3. The van der Waals surface area contributed by atoms with Crippen LogP contribution in [0.2, 0.25) is 5.02 Å². The van der Waals surface area contributed by atoms with Gasteiger partial charge in [-0.15, -0.1) is 0 Å². The minimum absolute atomic E-state index is 0.0820. The number of nitrogens with one attached hydrogen (secondary N) is 4. The first kappa shape index (κ1) is 56.2. The van der Waals surface area contributed by atoms with Crippen LogP contribution in [0.4, 0.5) is 9.59 Å². The van der Waals surface area contributed by atoms with Gasteiger partial charge in [0.15, 0.2) is 0 Å². The number of halogens is 1. The maximum atomic E-state index is 14.0. The van der Waals surface area contributed by atoms with E-state index in [-0.39, 0.29) is 51.9 Å². The second kappa shape index (κ2) is 25.3. The molecule has 4 aromatic carbocycles. The Kier molecular flexibility index (Phi) is 20.6. The Morgan fingerprint density at radius 2 is 1.36 bits per heavy atom. The number of phenols is 1. The van der Waals surface area contributed by atoms with Crippen LogP contribution in [-0.2, 0) is 35.1 Å². The van der Waals surface area contributed by atoms with E-state index < -0.39 is 66.0 Å². The van der Waals surface area contributed by atoms with Crippen molar-refractivity contribution in [2.24, 2.45) is 0 Å². The molecule has 0 radical (unpaired) electrons. The molecule has 4 aromatic rings. The fourth-order valence-corrected chi connectivity index (χ4v) is 6.38. The van der Waals surface area contributed by atoms with Gasteiger partial charge in [0, 0.05) is 42.2 Å². The van der Waals surface area contributed by atoms with Gasteiger partial charge in [0.1, 0.15) is 40.8 Å². The molecule has 5 rings (SSSR count). The van der Waals surface area contributed by atoms with Gasteiger partial charge < -0.3 is 50.6 Å². The average molecular weight is 975 g/mol. The average Bonchev–Trinajstić information content (AvgIpc) is 3.27. The SMILES string of the molecule is CCCC.CNC(=O)OC(C)(C)C.C[C@@H]1NC(=O)C(N(C)C(=O)CNC(=O)c2ccc(-c3ccc(Cl)cc3)cc2)c2ccc(OC(=O)OC(C)(C)C)c(c2)-c2cc(ccc2O)CC(C(=O)O)NC1=O. The molecule has 0 aliphatic carbocycles. The highest BCUT2D eigenvalue weighted by Crippen LogP contribution is 2.40. The van der Waals surface area contributed by atoms with Gasteiger partial charge in [0.2, 0.25) is 17.7 Å². The molecular formula is C51H64ClN5O12. The molecule has 0 aromatic heterocycles. The Morgan fingerprint density at radius 3 is 1.88 bits per heavy atom. The molecule has 2 unspecified atom stereocenters. The number of fused-ring (bicyclic) bond motifs is 5. The lowest BCUT2D eigenvalue weighted by Crippen LogP contribution is -2.53. The summed E-state index contributed by atoms with van der Waals surface area (Å²) in [7, 11) is 2.87. The van der Waals surface area contributed by atoms with Gasteiger partial charge in [-0.05, 0) is 119 Å². The third-order valence-corrected chi connectivity index (χ3v) is 10.2. The topological polar surface area (TPSA) is 239 Å². The molecule has 0 spiro atoms. The van der Waals surface area contributed by atoms with Crippen LogP contribution < -0.4 is 26.0 Å². The van der Waals surface area contributed by atoms with E-state index in [4.69, 9.17) is 25.8 Å². The van der Waals surface area contributed by atoms with E-state index in [0.29, 0.717) is 10.6 Å². The Labute approximate surface area is 408 Å². The summed E-state index contributed by atoms with van der Waals surface area (Å²) in [4.78, 5) is 90.6. The smallest absolute Gasteiger partial charge is 0.507 e. The van der Waals surface area contributed by atoms with Gasteiger partial charge in [-0.25, -0.2) is 14.4 Å². The van der Waals surface area contributed by atoms with Gasteiger partial charge in [0.05, 0.1) is 6.54 Å². The van der Waals surface area contributed by atoms with Crippen molar-refractivity contribution >= 4 is 53.4 Å². The molecule has 1 aliphatic rings. The molecule has 4 bridgehead atoms. The minimum atomic E-state index is -1.45. The number of alkyl carbamates (subject to hydrolysis) is 1. The van der Waals surface area contributed by atoms with Crippen LogP contribution in [-0.4, -0.2) is 101 Å². The number of aromatic hydroxyl groups is 1. The molecule has 3 atom stereocenters. The monoisotopic (exact) mass is 973 g/mol. The third-order valence-electron chi connectivity index (χ3n) is 9.92. The first-order chi connectivity index (χ1) is 32.3. The number of hydrogen-bond acceptors (Lipinski definition) is 11. The van der Waals surface area contributed by atoms with E-state index in [1.807, 2.05) is 32.9 Å². The van der Waals surface area contributed by atoms with Crippen LogP contribution in [0.15, 0.2) is 84.9 Å². The molecular weight excluding hydrogens is 910 g/mol. The predicted octanol–water partition coefficient (Wildman–Crippen LogP) is 8.20. The van der Waals surface area contributed by atoms with E-state index in [9.17, 15) is 43.8 Å². The molecule has 372 valence electrons. The number of benzene rings is 4. The van der Waals surface area contributed by atoms with E-state index in [2.05, 4.69) is 35.1 Å². The summed E-state index contributed by atoms with van der Waals surface area (Å²) >= 11 is 5.99. The van der Waals surface area contributed by atoms with Crippen LogP contribution in [0.5, 0.6) is 11.5 Å². The number of carbonyl (C=O) groups excluding carboxylic acids is 6. The highest BCUT2D eigenvalue weighted by atomic mass is 35.5. The zero-order chi connectivity index (χ0) is 51.8. The van der Waals surface area contributed by atoms with Crippen molar-refractivity contribution in [1.29, 1.82) is 0 Å². The summed E-state index contributed by atoms with van der Waals surface area (Å²) in [6, 6.07) is 18.3. The standard InChI is InChI=1S/C41H41ClN4O10.C6H13NO2.C4H10/c1-22-36(49)45-31(39(52)53)19-23-6-16-32(47)29(18-23)30-20-27(13-17-33(30)55-40(54)56-41(2,3)4)35(38(51)44-22)46(5)34(48)21-43-37(50)26-9-7-24(8-10-26)25-11-14-28(42)15-12-25;1-6(2,3)9-5(8)7-4;1-3-4-2/h6-18,20,22,31,35,47H,19,21H2,1-5H3,(H,43,50)(H,44,51)(H,45,49)(H,52,53);1-4H3,(H,7,8);3-4H2,1-2H3/t22-,31?,35?;;/m0../s1. The number of carbonyl (C=O) groups is 7. The molecule has 0 saturated heterocycles. The van der Waals surface area contributed by atoms with Crippen LogP contribution >= 0.6 is 11.6 Å². The fraction of sp³-hybridized carbons (Fsp3) is 0.392. The molecule has 6 N–H and O–H groups in total. The lowest BCUT2D eigenvalue weighted by Gasteiger charge is -2.30. The highest BCUT2D eigenvalue weighted by molar-refractivity contribution is 6.30. The number of nitrogens with zero attached hydrogens (tertiary/aromatic N) is 1. The van der Waals surface area contributed by atoms with Crippen molar-refractivity contribution in [3.05, 3.63) is 107 Å². The zero-order valence-electron chi connectivity index (χ0n) is 40.9. The summed E-state index contributed by atoms with van der Waals surface area (Å²) in [6.45, 7) is 15.6. The molecule has 0 saturated carbocycles. The number of carboxylic acid groups (broad SMARTS) is 1. The van der Waals surface area contributed by atoms with Gasteiger partial charge in [-0.3, -0.25) is 19.2 Å². The second-order valence-corrected chi connectivity index (χ2v) is 18.4. The maximum Gasteiger partial charge on any atom is 0.514 e. The molecule has 18 heteroatoms. The summed E-state index contributed by atoms with van der Waals surface area (Å²) < 4.78 is 15.7. The number of aliphatic carboxylic acids is 1. The van der Waals surface area contributed by atoms with Gasteiger partial charge >= 0.3 is 18.2 Å². The number of likely N-dealkylation sites (N-methyl/N-ethyl adjacent to an activating group) is 1. The number of unbranched alkanes of at least 4 members (excludes halogenated alkanes) is 1. The van der Waals surface area contributed by atoms with E-state index in [1.54, 1.807) is 57.2 Å². The van der Waals surface area contributed by atoms with E-state index in [1.165, 1.54) is 70.3 Å². The molecule has 0 fully saturated rings. The Balaban J connectivity index is 0.000000851. The molecule has 1 aliphatic heterocycles. The van der Waals surface area contributed by atoms with Crippen LogP contribution in [0, 0.1) is 0 Å². The van der Waals surface area contributed by atoms with E-state index >= 15 is 0 Å². The molecule has 5 amide bonds. The largest absolute Gasteiger partial charge is 0.514 e. The van der Waals surface area contributed by atoms with Crippen molar-refractivity contribution in [1.82, 2.24) is 26.2 Å². The summed E-state index contributed by atoms with van der Waals surface area (Å²) in [6.07, 6.45) is 0.994. The third kappa shape index (κ3) is 17.8. The van der Waals surface area contributed by atoms with Gasteiger partial charge in [-0.2, -0.15) is 0 Å². The van der Waals surface area contributed by atoms with Gasteiger partial charge in [0.25, 0.3) is 5.91 Å². The summed E-state index contributed by atoms with van der Waals surface area (Å²) in [5.74, 6) is -4.60. The predicted molar refractivity (Wildman–Crippen MR) is 262 cm³/mol.